The second-order valence-corrected chi connectivity index (χ2v) is 5.74. The molecule has 0 aliphatic rings. The number of nitrogens with one attached hydrogen (secondary N) is 1. The maximum atomic E-state index is 12.9. The van der Waals surface area contributed by atoms with E-state index in [1.165, 1.54) is 12.1 Å². The predicted octanol–water partition coefficient (Wildman–Crippen LogP) is 3.79. The zero-order valence-electron chi connectivity index (χ0n) is 11.8. The van der Waals surface area contributed by atoms with Gasteiger partial charge >= 0.3 is 0 Å². The van der Waals surface area contributed by atoms with Gasteiger partial charge in [0.05, 0.1) is 12.0 Å². The Balaban J connectivity index is 2.08. The SMILES string of the molecule is CC(CBr)(NC(=O)Cc1ccc(F)cc1)c1ccccc1. The molecule has 4 heteroatoms. The summed E-state index contributed by atoms with van der Waals surface area (Å²) in [5.74, 6) is -0.388. The van der Waals surface area contributed by atoms with Gasteiger partial charge in [-0.25, -0.2) is 4.39 Å². The standard InChI is InChI=1S/C17H17BrFNO/c1-17(12-18,14-5-3-2-4-6-14)20-16(21)11-13-7-9-15(19)10-8-13/h2-10H,11-12H2,1H3,(H,20,21). The number of hydrogen-bond donors (Lipinski definition) is 1. The molecule has 1 N–H and O–H groups in total. The minimum atomic E-state index is -0.474. The normalized spacial score (nSPS) is 13.5. The van der Waals surface area contributed by atoms with Crippen molar-refractivity contribution in [3.05, 3.63) is 71.5 Å². The van der Waals surface area contributed by atoms with Crippen molar-refractivity contribution in [2.45, 2.75) is 18.9 Å². The number of carbonyl (C=O) groups is 1. The summed E-state index contributed by atoms with van der Waals surface area (Å²) in [4.78, 5) is 12.2. The highest BCUT2D eigenvalue weighted by atomic mass is 79.9. The van der Waals surface area contributed by atoms with Crippen molar-refractivity contribution in [2.24, 2.45) is 0 Å². The van der Waals surface area contributed by atoms with Crippen LogP contribution in [0.5, 0.6) is 0 Å². The highest BCUT2D eigenvalue weighted by Gasteiger charge is 2.27. The fraction of sp³-hybridized carbons (Fsp3) is 0.235. The molecule has 0 radical (unpaired) electrons. The third-order valence-corrected chi connectivity index (χ3v) is 4.49. The number of carbonyl (C=O) groups excluding carboxylic acids is 1. The first-order valence-corrected chi connectivity index (χ1v) is 7.82. The average molecular weight is 350 g/mol. The lowest BCUT2D eigenvalue weighted by Gasteiger charge is -2.29. The Morgan fingerprint density at radius 2 is 1.76 bits per heavy atom. The topological polar surface area (TPSA) is 29.1 Å². The van der Waals surface area contributed by atoms with Gasteiger partial charge in [-0.15, -0.1) is 0 Å². The van der Waals surface area contributed by atoms with Crippen molar-refractivity contribution < 1.29 is 9.18 Å². The first kappa shape index (κ1) is 15.7. The van der Waals surface area contributed by atoms with E-state index in [0.717, 1.165) is 11.1 Å². The lowest BCUT2D eigenvalue weighted by Crippen LogP contribution is -2.45. The van der Waals surface area contributed by atoms with Gasteiger partial charge < -0.3 is 5.32 Å². The van der Waals surface area contributed by atoms with Crippen molar-refractivity contribution in [1.29, 1.82) is 0 Å². The lowest BCUT2D eigenvalue weighted by molar-refractivity contribution is -0.122. The summed E-state index contributed by atoms with van der Waals surface area (Å²) in [6, 6.07) is 15.8. The van der Waals surface area contributed by atoms with Gasteiger partial charge in [0.25, 0.3) is 0 Å². The summed E-state index contributed by atoms with van der Waals surface area (Å²) < 4.78 is 12.9. The summed E-state index contributed by atoms with van der Waals surface area (Å²) >= 11 is 3.47. The summed E-state index contributed by atoms with van der Waals surface area (Å²) in [5, 5.41) is 3.65. The zero-order chi connectivity index (χ0) is 15.3. The Bertz CT molecular complexity index is 600. The van der Waals surface area contributed by atoms with Crippen LogP contribution in [0.2, 0.25) is 0 Å². The molecule has 0 saturated heterocycles. The van der Waals surface area contributed by atoms with Gasteiger partial charge in [-0.05, 0) is 30.2 Å². The molecule has 0 bridgehead atoms. The van der Waals surface area contributed by atoms with Crippen LogP contribution < -0.4 is 5.32 Å². The van der Waals surface area contributed by atoms with E-state index in [-0.39, 0.29) is 18.1 Å². The van der Waals surface area contributed by atoms with Crippen LogP contribution in [0.4, 0.5) is 4.39 Å². The van der Waals surface area contributed by atoms with Crippen molar-refractivity contribution >= 4 is 21.8 Å². The average Bonchev–Trinajstić information content (AvgIpc) is 2.50. The largest absolute Gasteiger partial charge is 0.346 e. The van der Waals surface area contributed by atoms with E-state index in [1.807, 2.05) is 37.3 Å². The second kappa shape index (κ2) is 6.85. The van der Waals surface area contributed by atoms with Crippen LogP contribution in [0.3, 0.4) is 0 Å². The van der Waals surface area contributed by atoms with Gasteiger partial charge in [0, 0.05) is 5.33 Å². The van der Waals surface area contributed by atoms with Crippen LogP contribution in [0, 0.1) is 5.82 Å². The van der Waals surface area contributed by atoms with Crippen LogP contribution in [-0.2, 0) is 16.8 Å². The molecular formula is C17H17BrFNO. The molecule has 21 heavy (non-hydrogen) atoms. The summed E-state index contributed by atoms with van der Waals surface area (Å²) in [6.07, 6.45) is 0.232. The molecule has 0 aliphatic heterocycles. The molecule has 2 nitrogen and oxygen atoms in total. The van der Waals surface area contributed by atoms with Crippen molar-refractivity contribution in [3.8, 4) is 0 Å². The monoisotopic (exact) mass is 349 g/mol. The lowest BCUT2D eigenvalue weighted by atomic mass is 9.94. The van der Waals surface area contributed by atoms with Crippen LogP contribution in [0.1, 0.15) is 18.1 Å². The second-order valence-electron chi connectivity index (χ2n) is 5.18. The van der Waals surface area contributed by atoms with Gasteiger partial charge in [-0.3, -0.25) is 4.79 Å². The zero-order valence-corrected chi connectivity index (χ0v) is 13.4. The molecule has 0 fully saturated rings. The molecular weight excluding hydrogens is 333 g/mol. The minimum absolute atomic E-state index is 0.0904. The van der Waals surface area contributed by atoms with Crippen LogP contribution in [0.25, 0.3) is 0 Å². The number of halogens is 2. The van der Waals surface area contributed by atoms with E-state index in [0.29, 0.717) is 5.33 Å². The predicted molar refractivity (Wildman–Crippen MR) is 85.8 cm³/mol. The number of benzene rings is 2. The number of alkyl halides is 1. The van der Waals surface area contributed by atoms with E-state index < -0.39 is 5.54 Å². The fourth-order valence-corrected chi connectivity index (χ4v) is 2.59. The Kier molecular flexibility index (Phi) is 5.12. The van der Waals surface area contributed by atoms with Gasteiger partial charge in [-0.1, -0.05) is 58.4 Å². The van der Waals surface area contributed by atoms with Crippen LogP contribution >= 0.6 is 15.9 Å². The van der Waals surface area contributed by atoms with E-state index in [2.05, 4.69) is 21.2 Å². The molecule has 1 atom stereocenters. The molecule has 0 heterocycles. The van der Waals surface area contributed by atoms with Crippen LogP contribution in [0.15, 0.2) is 54.6 Å². The number of rotatable bonds is 5. The highest BCUT2D eigenvalue weighted by Crippen LogP contribution is 2.23. The third kappa shape index (κ3) is 4.14. The molecule has 2 aromatic carbocycles. The van der Waals surface area contributed by atoms with Crippen molar-refractivity contribution in [3.63, 3.8) is 0 Å². The smallest absolute Gasteiger partial charge is 0.225 e. The van der Waals surface area contributed by atoms with Crippen LogP contribution in [-0.4, -0.2) is 11.2 Å². The first-order chi connectivity index (χ1) is 10.0. The van der Waals surface area contributed by atoms with Gasteiger partial charge in [0.15, 0.2) is 0 Å². The van der Waals surface area contributed by atoms with Gasteiger partial charge in [0.2, 0.25) is 5.91 Å². The quantitative estimate of drug-likeness (QED) is 0.817. The first-order valence-electron chi connectivity index (χ1n) is 6.70. The Morgan fingerprint density at radius 3 is 2.33 bits per heavy atom. The Labute approximate surface area is 132 Å². The maximum absolute atomic E-state index is 12.9. The molecule has 0 aromatic heterocycles. The molecule has 0 saturated carbocycles. The molecule has 2 rings (SSSR count). The van der Waals surface area contributed by atoms with E-state index in [1.54, 1.807) is 12.1 Å². The fourth-order valence-electron chi connectivity index (χ4n) is 2.13. The molecule has 1 unspecified atom stereocenters. The third-order valence-electron chi connectivity index (χ3n) is 3.37. The number of hydrogen-bond acceptors (Lipinski definition) is 1. The molecule has 2 aromatic rings. The number of amides is 1. The Hall–Kier alpha value is -1.68. The van der Waals surface area contributed by atoms with Gasteiger partial charge in [0.1, 0.15) is 5.82 Å². The maximum Gasteiger partial charge on any atom is 0.225 e. The summed E-state index contributed by atoms with van der Waals surface area (Å²) in [5.41, 5.74) is 1.35. The Morgan fingerprint density at radius 1 is 1.14 bits per heavy atom. The van der Waals surface area contributed by atoms with E-state index in [9.17, 15) is 9.18 Å². The molecule has 0 spiro atoms. The van der Waals surface area contributed by atoms with E-state index in [4.69, 9.17) is 0 Å². The summed E-state index contributed by atoms with van der Waals surface area (Å²) in [6.45, 7) is 1.97. The highest BCUT2D eigenvalue weighted by molar-refractivity contribution is 9.09. The molecule has 0 aliphatic carbocycles. The van der Waals surface area contributed by atoms with E-state index >= 15 is 0 Å². The molecule has 1 amide bonds. The van der Waals surface area contributed by atoms with Gasteiger partial charge in [-0.2, -0.15) is 0 Å². The minimum Gasteiger partial charge on any atom is -0.346 e. The van der Waals surface area contributed by atoms with Crippen molar-refractivity contribution in [1.82, 2.24) is 5.32 Å². The molecule has 110 valence electrons. The summed E-state index contributed by atoms with van der Waals surface area (Å²) in [7, 11) is 0. The van der Waals surface area contributed by atoms with Crippen molar-refractivity contribution in [2.75, 3.05) is 5.33 Å².